The molecule has 1 aliphatic heterocycles. The van der Waals surface area contributed by atoms with Gasteiger partial charge in [-0.2, -0.15) is 0 Å². The van der Waals surface area contributed by atoms with Crippen molar-refractivity contribution >= 4 is 5.91 Å². The summed E-state index contributed by atoms with van der Waals surface area (Å²) in [6.07, 6.45) is 1.50. The lowest BCUT2D eigenvalue weighted by molar-refractivity contribution is -0.132. The molecule has 52 valence electrons. The SMILES string of the molecule is CN1COCCCC1=O. The number of nitrogens with zero attached hydrogens (tertiary/aromatic N) is 1. The Morgan fingerprint density at radius 2 is 2.44 bits per heavy atom. The van der Waals surface area contributed by atoms with Crippen molar-refractivity contribution in [1.82, 2.24) is 4.90 Å². The van der Waals surface area contributed by atoms with Crippen LogP contribution in [0.2, 0.25) is 0 Å². The first kappa shape index (κ1) is 6.55. The summed E-state index contributed by atoms with van der Waals surface area (Å²) in [6.45, 7) is 1.18. The van der Waals surface area contributed by atoms with Crippen molar-refractivity contribution in [2.75, 3.05) is 20.4 Å². The van der Waals surface area contributed by atoms with Crippen molar-refractivity contribution in [1.29, 1.82) is 0 Å². The quantitative estimate of drug-likeness (QED) is 0.468. The van der Waals surface area contributed by atoms with Crippen molar-refractivity contribution in [3.05, 3.63) is 0 Å². The van der Waals surface area contributed by atoms with Gasteiger partial charge in [0.2, 0.25) is 5.91 Å². The first-order valence-corrected chi connectivity index (χ1v) is 3.12. The number of amides is 1. The van der Waals surface area contributed by atoms with E-state index in [2.05, 4.69) is 0 Å². The second-order valence-corrected chi connectivity index (χ2v) is 2.23. The predicted octanol–water partition coefficient (Wildman–Crippen LogP) is 0.213. The van der Waals surface area contributed by atoms with Crippen LogP contribution in [0.5, 0.6) is 0 Å². The van der Waals surface area contributed by atoms with Gasteiger partial charge in [-0.1, -0.05) is 0 Å². The Hall–Kier alpha value is -0.570. The smallest absolute Gasteiger partial charge is 0.224 e. The van der Waals surface area contributed by atoms with E-state index in [-0.39, 0.29) is 5.91 Å². The summed E-state index contributed by atoms with van der Waals surface area (Å²) < 4.78 is 5.08. The average molecular weight is 129 g/mol. The monoisotopic (exact) mass is 129 g/mol. The third-order valence-corrected chi connectivity index (χ3v) is 1.39. The van der Waals surface area contributed by atoms with Gasteiger partial charge in [-0.3, -0.25) is 4.79 Å². The molecule has 1 amide bonds. The number of carbonyl (C=O) groups is 1. The van der Waals surface area contributed by atoms with Crippen molar-refractivity contribution in [2.45, 2.75) is 12.8 Å². The molecular formula is C6H11NO2. The maximum Gasteiger partial charge on any atom is 0.224 e. The zero-order chi connectivity index (χ0) is 6.69. The van der Waals surface area contributed by atoms with Crippen LogP contribution in [0.4, 0.5) is 0 Å². The van der Waals surface area contributed by atoms with Gasteiger partial charge in [0.15, 0.2) is 0 Å². The molecule has 1 fully saturated rings. The van der Waals surface area contributed by atoms with Crippen LogP contribution in [-0.4, -0.2) is 31.2 Å². The lowest BCUT2D eigenvalue weighted by Crippen LogP contribution is -2.26. The molecule has 1 rings (SSSR count). The standard InChI is InChI=1S/C6H11NO2/c1-7-5-9-4-2-3-6(7)8/h2-5H2,1H3. The average Bonchev–Trinajstić information content (AvgIpc) is 1.99. The molecule has 0 aromatic carbocycles. The number of ether oxygens (including phenoxy) is 1. The topological polar surface area (TPSA) is 29.5 Å². The predicted molar refractivity (Wildman–Crippen MR) is 32.8 cm³/mol. The minimum Gasteiger partial charge on any atom is -0.361 e. The Balaban J connectivity index is 2.41. The number of hydrogen-bond acceptors (Lipinski definition) is 2. The molecular weight excluding hydrogens is 118 g/mol. The highest BCUT2D eigenvalue weighted by Gasteiger charge is 2.10. The number of carbonyl (C=O) groups excluding carboxylic acids is 1. The van der Waals surface area contributed by atoms with Gasteiger partial charge in [0.25, 0.3) is 0 Å². The minimum absolute atomic E-state index is 0.188. The molecule has 0 atom stereocenters. The first-order valence-electron chi connectivity index (χ1n) is 3.12. The van der Waals surface area contributed by atoms with Crippen molar-refractivity contribution in [3.63, 3.8) is 0 Å². The van der Waals surface area contributed by atoms with Gasteiger partial charge in [0, 0.05) is 20.1 Å². The Kier molecular flexibility index (Phi) is 2.05. The van der Waals surface area contributed by atoms with Gasteiger partial charge in [-0.15, -0.1) is 0 Å². The first-order chi connectivity index (χ1) is 4.30. The molecule has 0 N–H and O–H groups in total. The summed E-state index contributed by atoms with van der Waals surface area (Å²) in [5, 5.41) is 0. The minimum atomic E-state index is 0.188. The fourth-order valence-electron chi connectivity index (χ4n) is 0.790. The van der Waals surface area contributed by atoms with E-state index in [9.17, 15) is 4.79 Å². The highest BCUT2D eigenvalue weighted by Crippen LogP contribution is 2.01. The second kappa shape index (κ2) is 2.82. The summed E-state index contributed by atoms with van der Waals surface area (Å²) in [4.78, 5) is 12.5. The largest absolute Gasteiger partial charge is 0.361 e. The molecule has 0 spiro atoms. The highest BCUT2D eigenvalue weighted by molar-refractivity contribution is 5.75. The Bertz CT molecular complexity index is 114. The summed E-state index contributed by atoms with van der Waals surface area (Å²) in [6, 6.07) is 0. The number of hydrogen-bond donors (Lipinski definition) is 0. The van der Waals surface area contributed by atoms with Gasteiger partial charge >= 0.3 is 0 Å². The van der Waals surface area contributed by atoms with E-state index in [1.165, 1.54) is 0 Å². The van der Waals surface area contributed by atoms with Crippen molar-refractivity contribution in [3.8, 4) is 0 Å². The van der Waals surface area contributed by atoms with E-state index in [4.69, 9.17) is 4.74 Å². The van der Waals surface area contributed by atoms with E-state index >= 15 is 0 Å². The summed E-state index contributed by atoms with van der Waals surface area (Å²) in [5.41, 5.74) is 0. The Labute approximate surface area is 54.6 Å². The molecule has 1 heterocycles. The van der Waals surface area contributed by atoms with Crippen molar-refractivity contribution < 1.29 is 9.53 Å². The van der Waals surface area contributed by atoms with Crippen LogP contribution in [0.3, 0.4) is 0 Å². The summed E-state index contributed by atoms with van der Waals surface area (Å²) >= 11 is 0. The third kappa shape index (κ3) is 1.68. The molecule has 0 unspecified atom stereocenters. The van der Waals surface area contributed by atoms with Crippen LogP contribution >= 0.6 is 0 Å². The van der Waals surface area contributed by atoms with Crippen molar-refractivity contribution in [2.24, 2.45) is 0 Å². The normalized spacial score (nSPS) is 21.9. The van der Waals surface area contributed by atoms with Gasteiger partial charge in [-0.05, 0) is 6.42 Å². The Morgan fingerprint density at radius 1 is 1.67 bits per heavy atom. The fourth-order valence-corrected chi connectivity index (χ4v) is 0.790. The zero-order valence-corrected chi connectivity index (χ0v) is 5.59. The molecule has 1 saturated heterocycles. The van der Waals surface area contributed by atoms with Crippen LogP contribution in [-0.2, 0) is 9.53 Å². The molecule has 3 nitrogen and oxygen atoms in total. The summed E-state index contributed by atoms with van der Waals surface area (Å²) in [5.74, 6) is 0.188. The molecule has 0 saturated carbocycles. The maximum absolute atomic E-state index is 10.9. The van der Waals surface area contributed by atoms with Crippen LogP contribution in [0.25, 0.3) is 0 Å². The molecule has 3 heteroatoms. The van der Waals surface area contributed by atoms with Crippen LogP contribution in [0, 0.1) is 0 Å². The zero-order valence-electron chi connectivity index (χ0n) is 5.59. The maximum atomic E-state index is 10.9. The van der Waals surface area contributed by atoms with E-state index in [0.717, 1.165) is 13.0 Å². The molecule has 0 aromatic heterocycles. The van der Waals surface area contributed by atoms with Gasteiger partial charge in [0.1, 0.15) is 6.73 Å². The molecule has 0 aliphatic carbocycles. The van der Waals surface area contributed by atoms with Gasteiger partial charge < -0.3 is 9.64 Å². The third-order valence-electron chi connectivity index (χ3n) is 1.39. The highest BCUT2D eigenvalue weighted by atomic mass is 16.5. The van der Waals surface area contributed by atoms with E-state index < -0.39 is 0 Å². The molecule has 0 bridgehead atoms. The van der Waals surface area contributed by atoms with E-state index in [1.54, 1.807) is 11.9 Å². The molecule has 1 aliphatic rings. The molecule has 9 heavy (non-hydrogen) atoms. The Morgan fingerprint density at radius 3 is 3.22 bits per heavy atom. The van der Waals surface area contributed by atoms with Crippen LogP contribution in [0.1, 0.15) is 12.8 Å². The molecule has 0 radical (unpaired) electrons. The lowest BCUT2D eigenvalue weighted by atomic mass is 10.3. The van der Waals surface area contributed by atoms with Crippen LogP contribution < -0.4 is 0 Å². The van der Waals surface area contributed by atoms with E-state index in [0.29, 0.717) is 13.2 Å². The van der Waals surface area contributed by atoms with Gasteiger partial charge in [-0.25, -0.2) is 0 Å². The lowest BCUT2D eigenvalue weighted by Gasteiger charge is -2.11. The number of rotatable bonds is 0. The second-order valence-electron chi connectivity index (χ2n) is 2.23. The summed E-state index contributed by atoms with van der Waals surface area (Å²) in [7, 11) is 1.76. The van der Waals surface area contributed by atoms with Gasteiger partial charge in [0.05, 0.1) is 0 Å². The molecule has 0 aromatic rings. The van der Waals surface area contributed by atoms with E-state index in [1.807, 2.05) is 0 Å². The fraction of sp³-hybridized carbons (Fsp3) is 0.833. The van der Waals surface area contributed by atoms with Crippen LogP contribution in [0.15, 0.2) is 0 Å².